The van der Waals surface area contributed by atoms with Gasteiger partial charge in [0.05, 0.1) is 30.2 Å². The summed E-state index contributed by atoms with van der Waals surface area (Å²) in [5.41, 5.74) is 1.57. The number of benzene rings is 2. The molecule has 1 aromatic heterocycles. The van der Waals surface area contributed by atoms with Gasteiger partial charge in [-0.05, 0) is 36.4 Å². The van der Waals surface area contributed by atoms with E-state index >= 15 is 0 Å². The first-order valence-electron chi connectivity index (χ1n) is 7.45. The van der Waals surface area contributed by atoms with Crippen LogP contribution in [0.3, 0.4) is 0 Å². The third-order valence-electron chi connectivity index (χ3n) is 3.37. The number of amides is 1. The number of methoxy groups -OCH3 is 1. The molecule has 0 spiro atoms. The van der Waals surface area contributed by atoms with Crippen LogP contribution in [0.2, 0.25) is 5.02 Å². The SMILES string of the molecule is COc1ccc(NC(=O)c2cnc(Nc3ccccc3Cl)cn2)cc1. The Balaban J connectivity index is 1.66. The van der Waals surface area contributed by atoms with Crippen LogP contribution >= 0.6 is 11.6 Å². The molecule has 7 heteroatoms. The lowest BCUT2D eigenvalue weighted by Gasteiger charge is -2.08. The van der Waals surface area contributed by atoms with Crippen molar-refractivity contribution in [2.75, 3.05) is 17.7 Å². The summed E-state index contributed by atoms with van der Waals surface area (Å²) in [5, 5.41) is 6.37. The molecule has 2 N–H and O–H groups in total. The molecule has 0 aliphatic heterocycles. The lowest BCUT2D eigenvalue weighted by atomic mass is 10.3. The number of carbonyl (C=O) groups is 1. The van der Waals surface area contributed by atoms with Crippen LogP contribution in [0, 0.1) is 0 Å². The molecule has 25 heavy (non-hydrogen) atoms. The Morgan fingerprint density at radius 2 is 1.80 bits per heavy atom. The van der Waals surface area contributed by atoms with E-state index < -0.39 is 0 Å². The van der Waals surface area contributed by atoms with Gasteiger partial charge < -0.3 is 15.4 Å². The van der Waals surface area contributed by atoms with E-state index in [1.807, 2.05) is 18.2 Å². The zero-order chi connectivity index (χ0) is 17.6. The van der Waals surface area contributed by atoms with Gasteiger partial charge in [-0.1, -0.05) is 23.7 Å². The molecule has 0 radical (unpaired) electrons. The Morgan fingerprint density at radius 1 is 1.04 bits per heavy atom. The minimum atomic E-state index is -0.345. The molecular weight excluding hydrogens is 340 g/mol. The van der Waals surface area contributed by atoms with Crippen LogP contribution in [0.15, 0.2) is 60.9 Å². The van der Waals surface area contributed by atoms with Crippen LogP contribution in [-0.2, 0) is 0 Å². The average molecular weight is 355 g/mol. The second-order valence-electron chi connectivity index (χ2n) is 5.07. The van der Waals surface area contributed by atoms with Gasteiger partial charge in [0.25, 0.3) is 5.91 Å². The summed E-state index contributed by atoms with van der Waals surface area (Å²) in [5.74, 6) is 0.865. The van der Waals surface area contributed by atoms with Crippen LogP contribution in [0.4, 0.5) is 17.2 Å². The number of para-hydroxylation sites is 1. The van der Waals surface area contributed by atoms with E-state index in [4.69, 9.17) is 16.3 Å². The van der Waals surface area contributed by atoms with Crippen molar-refractivity contribution in [1.82, 2.24) is 9.97 Å². The molecule has 0 saturated carbocycles. The van der Waals surface area contributed by atoms with E-state index in [0.717, 1.165) is 0 Å². The zero-order valence-electron chi connectivity index (χ0n) is 13.4. The molecule has 3 aromatic rings. The van der Waals surface area contributed by atoms with E-state index in [-0.39, 0.29) is 11.6 Å². The number of carbonyl (C=O) groups excluding carboxylic acids is 1. The predicted molar refractivity (Wildman–Crippen MR) is 97.7 cm³/mol. The minimum absolute atomic E-state index is 0.209. The first-order valence-corrected chi connectivity index (χ1v) is 7.82. The summed E-state index contributed by atoms with van der Waals surface area (Å²) in [4.78, 5) is 20.5. The van der Waals surface area contributed by atoms with Crippen LogP contribution in [0.25, 0.3) is 0 Å². The number of nitrogens with zero attached hydrogens (tertiary/aromatic N) is 2. The second kappa shape index (κ2) is 7.63. The summed E-state index contributed by atoms with van der Waals surface area (Å²) in [6.45, 7) is 0. The van der Waals surface area contributed by atoms with E-state index in [2.05, 4.69) is 20.6 Å². The normalized spacial score (nSPS) is 10.2. The van der Waals surface area contributed by atoms with Crippen molar-refractivity contribution in [2.45, 2.75) is 0 Å². The summed E-state index contributed by atoms with van der Waals surface area (Å²) < 4.78 is 5.08. The summed E-state index contributed by atoms with van der Waals surface area (Å²) in [7, 11) is 1.58. The molecule has 0 bridgehead atoms. The van der Waals surface area contributed by atoms with Crippen molar-refractivity contribution < 1.29 is 9.53 Å². The number of nitrogens with one attached hydrogen (secondary N) is 2. The Morgan fingerprint density at radius 3 is 2.44 bits per heavy atom. The van der Waals surface area contributed by atoms with Crippen molar-refractivity contribution in [3.8, 4) is 5.75 Å². The molecular formula is C18H15ClN4O2. The van der Waals surface area contributed by atoms with Gasteiger partial charge in [-0.2, -0.15) is 0 Å². The van der Waals surface area contributed by atoms with Crippen LogP contribution in [0.5, 0.6) is 5.75 Å². The quantitative estimate of drug-likeness (QED) is 0.720. The van der Waals surface area contributed by atoms with Crippen LogP contribution in [0.1, 0.15) is 10.5 Å². The smallest absolute Gasteiger partial charge is 0.275 e. The summed E-state index contributed by atoms with van der Waals surface area (Å²) >= 11 is 6.08. The molecule has 0 atom stereocenters. The highest BCUT2D eigenvalue weighted by molar-refractivity contribution is 6.33. The molecule has 0 aliphatic rings. The number of hydrogen-bond acceptors (Lipinski definition) is 5. The van der Waals surface area contributed by atoms with Gasteiger partial charge in [-0.25, -0.2) is 9.97 Å². The second-order valence-corrected chi connectivity index (χ2v) is 5.48. The van der Waals surface area contributed by atoms with Gasteiger partial charge in [-0.3, -0.25) is 4.79 Å². The topological polar surface area (TPSA) is 76.1 Å². The monoisotopic (exact) mass is 354 g/mol. The Kier molecular flexibility index (Phi) is 5.11. The highest BCUT2D eigenvalue weighted by Crippen LogP contribution is 2.23. The Hall–Kier alpha value is -3.12. The van der Waals surface area contributed by atoms with E-state index in [9.17, 15) is 4.79 Å². The molecule has 2 aromatic carbocycles. The number of anilines is 3. The first kappa shape index (κ1) is 16.7. The maximum Gasteiger partial charge on any atom is 0.275 e. The third kappa shape index (κ3) is 4.24. The number of aromatic nitrogens is 2. The van der Waals surface area contributed by atoms with Crippen molar-refractivity contribution in [3.63, 3.8) is 0 Å². The fraction of sp³-hybridized carbons (Fsp3) is 0.0556. The van der Waals surface area contributed by atoms with Gasteiger partial charge in [0.2, 0.25) is 0 Å². The first-order chi connectivity index (χ1) is 12.2. The fourth-order valence-electron chi connectivity index (χ4n) is 2.08. The fourth-order valence-corrected chi connectivity index (χ4v) is 2.26. The summed E-state index contributed by atoms with van der Waals surface area (Å²) in [6.07, 6.45) is 2.88. The van der Waals surface area contributed by atoms with Crippen LogP contribution in [-0.4, -0.2) is 23.0 Å². The highest BCUT2D eigenvalue weighted by atomic mass is 35.5. The van der Waals surface area contributed by atoms with Crippen LogP contribution < -0.4 is 15.4 Å². The maximum atomic E-state index is 12.2. The molecule has 0 aliphatic carbocycles. The molecule has 0 unspecified atom stereocenters. The standard InChI is InChI=1S/C18H15ClN4O2/c1-25-13-8-6-12(7-9-13)22-18(24)16-10-21-17(11-20-16)23-15-5-3-2-4-14(15)19/h2-11H,1H3,(H,21,23)(H,22,24). The molecule has 0 saturated heterocycles. The van der Waals surface area contributed by atoms with Gasteiger partial charge in [-0.15, -0.1) is 0 Å². The van der Waals surface area contributed by atoms with Crippen molar-refractivity contribution in [1.29, 1.82) is 0 Å². The van der Waals surface area contributed by atoms with Gasteiger partial charge in [0, 0.05) is 5.69 Å². The molecule has 1 heterocycles. The third-order valence-corrected chi connectivity index (χ3v) is 3.70. The summed E-state index contributed by atoms with van der Waals surface area (Å²) in [6, 6.07) is 14.3. The minimum Gasteiger partial charge on any atom is -0.497 e. The average Bonchev–Trinajstić information content (AvgIpc) is 2.65. The Labute approximate surface area is 149 Å². The maximum absolute atomic E-state index is 12.2. The zero-order valence-corrected chi connectivity index (χ0v) is 14.1. The van der Waals surface area contributed by atoms with Gasteiger partial charge >= 0.3 is 0 Å². The lowest BCUT2D eigenvalue weighted by Crippen LogP contribution is -2.14. The van der Waals surface area contributed by atoms with E-state index in [1.54, 1.807) is 37.4 Å². The molecule has 3 rings (SSSR count). The van der Waals surface area contributed by atoms with E-state index in [0.29, 0.717) is 28.0 Å². The number of hydrogen-bond donors (Lipinski definition) is 2. The number of halogens is 1. The Bertz CT molecular complexity index is 867. The predicted octanol–water partition coefficient (Wildman–Crippen LogP) is 4.13. The molecule has 0 fully saturated rings. The van der Waals surface area contributed by atoms with Crippen molar-refractivity contribution in [3.05, 3.63) is 71.6 Å². The van der Waals surface area contributed by atoms with Crippen molar-refractivity contribution >= 4 is 34.7 Å². The highest BCUT2D eigenvalue weighted by Gasteiger charge is 2.09. The molecule has 126 valence electrons. The lowest BCUT2D eigenvalue weighted by molar-refractivity contribution is 0.102. The number of ether oxygens (including phenoxy) is 1. The van der Waals surface area contributed by atoms with E-state index in [1.165, 1.54) is 12.4 Å². The number of rotatable bonds is 5. The van der Waals surface area contributed by atoms with Gasteiger partial charge in [0.15, 0.2) is 0 Å². The van der Waals surface area contributed by atoms with Crippen molar-refractivity contribution in [2.24, 2.45) is 0 Å². The molecule has 6 nitrogen and oxygen atoms in total. The molecule has 1 amide bonds. The van der Waals surface area contributed by atoms with Gasteiger partial charge in [0.1, 0.15) is 17.3 Å². The largest absolute Gasteiger partial charge is 0.497 e.